The number of rotatable bonds is 0. The van der Waals surface area contributed by atoms with Crippen molar-refractivity contribution in [2.75, 3.05) is 0 Å². The average molecular weight is 1970 g/mol. The van der Waals surface area contributed by atoms with Gasteiger partial charge in [-0.15, -0.1) is 11.3 Å². The first-order chi connectivity index (χ1) is 68.9. The molecule has 0 saturated heterocycles. The average Bonchev–Trinajstić information content (AvgIpc) is 0.912. The number of pyridine rings is 2. The first-order valence-corrected chi connectivity index (χ1v) is 53.8. The van der Waals surface area contributed by atoms with Crippen molar-refractivity contribution >= 4 is 43.7 Å². The van der Waals surface area contributed by atoms with Gasteiger partial charge in [0, 0.05) is 58.3 Å². The van der Waals surface area contributed by atoms with Crippen LogP contribution in [0.2, 0.25) is 0 Å². The summed E-state index contributed by atoms with van der Waals surface area (Å²) in [5, 5.41) is 8.30. The number of aryl methyl sites for hydroxylation is 33. The molecule has 3 aliphatic rings. The minimum atomic E-state index is 0.829. The molecule has 0 amide bonds. The minimum Gasteiger partial charge on any atom is -0.467 e. The van der Waals surface area contributed by atoms with Crippen molar-refractivity contribution in [3.05, 3.63) is 464 Å². The fraction of sp³-hybridized carbons (Fsp3) is 0.377. The van der Waals surface area contributed by atoms with Gasteiger partial charge < -0.3 is 4.42 Å². The maximum absolute atomic E-state index is 5.08. The molecule has 20 rings (SSSR count). The molecule has 3 aliphatic carbocycles. The third-order valence-corrected chi connectivity index (χ3v) is 30.0. The number of fused-ring (bicyclic) bond motifs is 6. The third-order valence-electron chi connectivity index (χ3n) is 29.1. The van der Waals surface area contributed by atoms with Crippen LogP contribution in [-0.4, -0.2) is 29.9 Å². The Bertz CT molecular complexity index is 6460. The summed E-state index contributed by atoms with van der Waals surface area (Å²) in [6.07, 6.45) is 22.8. The van der Waals surface area contributed by atoms with Crippen LogP contribution in [0.4, 0.5) is 0 Å². The van der Waals surface area contributed by atoms with Crippen LogP contribution in [0.1, 0.15) is 279 Å². The zero-order valence-corrected chi connectivity index (χ0v) is 98.3. The summed E-state index contributed by atoms with van der Waals surface area (Å²) >= 11 is 1.84. The van der Waals surface area contributed by atoms with Gasteiger partial charge in [0.15, 0.2) is 0 Å². The Balaban J connectivity index is 0.000000214. The molecule has 0 aliphatic heterocycles. The molecule has 3 atom stereocenters. The van der Waals surface area contributed by atoms with Gasteiger partial charge in [0.05, 0.1) is 0 Å². The van der Waals surface area contributed by atoms with Gasteiger partial charge in [-0.2, -0.15) is 0 Å². The molecule has 0 spiro atoms. The second-order valence-electron chi connectivity index (χ2n) is 42.5. The van der Waals surface area contributed by atoms with Crippen LogP contribution >= 0.6 is 11.3 Å². The van der Waals surface area contributed by atoms with Crippen LogP contribution in [-0.2, 0) is 38.5 Å². The number of hydrogen-bond acceptors (Lipinski definition) is 8. The van der Waals surface area contributed by atoms with E-state index < -0.39 is 0 Å². The Morgan fingerprint density at radius 2 is 0.514 bits per heavy atom. The molecule has 772 valence electrons. The SMILES string of the molecule is Cc1cc(C)c(C)c(C)c1.Cc1cc2c(c(C)c1C)CC(C)CC2.Cc1cc2ccc(C)c(C)c2c(C)c1C.Cc1cc2ccc(C)c(C)c2c(C)c1C.Cc1ccc(C)c(C)c1C.Cc1ccc(C)nc1.Cc1ccc(C)nc1.Cc1ccc(C)o1.Cc1ccc(C)s1.Cc1ccc2c(c1)CCC(C)C2.Cc1ccc2c(c1)CCC(C)C2.Cc1ccc2cc(C)ccc2c1.Cc1cnc(C)nc1.Cc1cnc(C)nc1. The van der Waals surface area contributed by atoms with E-state index in [-0.39, 0.29) is 0 Å². The summed E-state index contributed by atoms with van der Waals surface area (Å²) < 4.78 is 5.08. The molecular weight excluding hydrogens is 1790 g/mol. The Labute approximate surface area is 888 Å². The highest BCUT2D eigenvalue weighted by atomic mass is 32.1. The van der Waals surface area contributed by atoms with E-state index in [0.717, 1.165) is 63.4 Å². The summed E-state index contributed by atoms with van der Waals surface area (Å²) in [5.41, 5.74) is 51.7. The summed E-state index contributed by atoms with van der Waals surface area (Å²) in [5.74, 6) is 6.28. The molecule has 0 saturated carbocycles. The number of hydrogen-bond donors (Lipinski definition) is 0. The smallest absolute Gasteiger partial charge is 0.125 e. The van der Waals surface area contributed by atoms with Gasteiger partial charge in [-0.25, -0.2) is 19.9 Å². The van der Waals surface area contributed by atoms with Gasteiger partial charge in [-0.1, -0.05) is 200 Å². The van der Waals surface area contributed by atoms with Gasteiger partial charge in [-0.3, -0.25) is 9.97 Å². The third kappa shape index (κ3) is 39.1. The van der Waals surface area contributed by atoms with Crippen molar-refractivity contribution in [2.45, 2.75) is 335 Å². The van der Waals surface area contributed by atoms with Gasteiger partial charge in [0.1, 0.15) is 23.2 Å². The summed E-state index contributed by atoms with van der Waals surface area (Å²) in [6, 6.07) is 67.9. The number of benzene rings is 11. The molecule has 0 bridgehead atoms. The highest BCUT2D eigenvalue weighted by Crippen LogP contribution is 2.35. The summed E-state index contributed by atoms with van der Waals surface area (Å²) in [7, 11) is 0. The highest BCUT2D eigenvalue weighted by Gasteiger charge is 2.20. The van der Waals surface area contributed by atoms with E-state index >= 15 is 0 Å². The van der Waals surface area contributed by atoms with Gasteiger partial charge in [0.2, 0.25) is 0 Å². The Hall–Kier alpha value is -12.4. The first kappa shape index (κ1) is 121. The van der Waals surface area contributed by atoms with Crippen LogP contribution in [0.3, 0.4) is 0 Å². The van der Waals surface area contributed by atoms with Gasteiger partial charge in [0.25, 0.3) is 0 Å². The molecule has 3 unspecified atom stereocenters. The van der Waals surface area contributed by atoms with Crippen molar-refractivity contribution in [3.63, 3.8) is 0 Å². The quantitative estimate of drug-likeness (QED) is 0.149. The number of nitrogens with zero attached hydrogens (tertiary/aromatic N) is 6. The highest BCUT2D eigenvalue weighted by molar-refractivity contribution is 7.11. The monoisotopic (exact) mass is 1970 g/mol. The normalized spacial score (nSPS) is 13.0. The first-order valence-electron chi connectivity index (χ1n) is 53.0. The number of furan rings is 1. The van der Waals surface area contributed by atoms with Crippen LogP contribution in [0.15, 0.2) is 230 Å². The predicted molar refractivity (Wildman–Crippen MR) is 638 cm³/mol. The molecule has 0 N–H and O–H groups in total. The molecule has 17 aromatic rings. The Morgan fingerprint density at radius 1 is 0.212 bits per heavy atom. The Kier molecular flexibility index (Phi) is 48.6. The molecule has 146 heavy (non-hydrogen) atoms. The van der Waals surface area contributed by atoms with Crippen LogP contribution in [0.25, 0.3) is 32.3 Å². The van der Waals surface area contributed by atoms with E-state index in [9.17, 15) is 0 Å². The standard InChI is InChI=1S/2C15H18.C14H20.2C12H16.C12H12.2C10H14.2C7H9N.2C6H8N2.C6H8O.C6H8S/c2*1-9-6-7-14-8-10(2)11(3)13(5)15(14)12(9)4;1-9-5-6-13-8-10(2)11(3)12(4)14(13)7-9;3*1-9-3-5-12-8-10(2)4-6-11(12)7-9;1-7-5-8(2)10(4)9(3)6-7;1-7-5-6-8(2)10(4)9(7)3;2*1-6-3-4-7(2)8-5-6;2*1-5-3-7-6(2)8-4-5;2*1-5-3-4-6(2)7-5/h2*6-8H,1-5H3;8-9H,5-7H2,1-4H3;2*3,5,7,10H,4,6,8H2,1-2H3;3-8H,1-2H3;2*5-6H,1-4H3;2*3-5H,1-2H3;2*3-4H,1-2H3;2*3-4H,1-2H3. The molecular formula is C138H178N6OS. The van der Waals surface area contributed by atoms with Crippen molar-refractivity contribution < 1.29 is 4.42 Å². The van der Waals surface area contributed by atoms with Crippen molar-refractivity contribution in [2.24, 2.45) is 17.8 Å². The van der Waals surface area contributed by atoms with E-state index in [1.807, 2.05) is 142 Å². The van der Waals surface area contributed by atoms with Crippen LogP contribution < -0.4 is 0 Å². The molecule has 6 aromatic heterocycles. The van der Waals surface area contributed by atoms with E-state index in [1.165, 1.54) is 245 Å². The molecule has 0 fully saturated rings. The molecule has 0 radical (unpaired) electrons. The van der Waals surface area contributed by atoms with Crippen molar-refractivity contribution in [1.29, 1.82) is 0 Å². The van der Waals surface area contributed by atoms with E-state index in [2.05, 4.69) is 401 Å². The molecule has 6 heterocycles. The number of thiophene rings is 1. The topological polar surface area (TPSA) is 90.5 Å². The van der Waals surface area contributed by atoms with E-state index in [0.29, 0.717) is 0 Å². The Morgan fingerprint density at radius 3 is 0.849 bits per heavy atom. The van der Waals surface area contributed by atoms with Crippen molar-refractivity contribution in [3.8, 4) is 0 Å². The largest absolute Gasteiger partial charge is 0.467 e. The summed E-state index contributed by atoms with van der Waals surface area (Å²) in [4.78, 5) is 26.8. The van der Waals surface area contributed by atoms with Crippen LogP contribution in [0, 0.1) is 274 Å². The minimum absolute atomic E-state index is 0.829. The molecule has 11 aromatic carbocycles. The van der Waals surface area contributed by atoms with Crippen molar-refractivity contribution in [1.82, 2.24) is 29.9 Å². The lowest BCUT2D eigenvalue weighted by atomic mass is 9.80. The van der Waals surface area contributed by atoms with Gasteiger partial charge in [-0.05, 0) is 567 Å². The second kappa shape index (κ2) is 58.8. The fourth-order valence-electron chi connectivity index (χ4n) is 18.2. The zero-order valence-electron chi connectivity index (χ0n) is 97.5. The van der Waals surface area contributed by atoms with Crippen LogP contribution in [0.5, 0.6) is 0 Å². The lowest BCUT2D eigenvalue weighted by Gasteiger charge is -2.25. The van der Waals surface area contributed by atoms with Gasteiger partial charge >= 0.3 is 0 Å². The lowest BCUT2D eigenvalue weighted by molar-refractivity contribution is 0.499. The lowest BCUT2D eigenvalue weighted by Crippen LogP contribution is -2.14. The maximum atomic E-state index is 5.08. The number of aromatic nitrogens is 6. The summed E-state index contributed by atoms with van der Waals surface area (Å²) in [6.45, 7) is 85.7. The fourth-order valence-corrected chi connectivity index (χ4v) is 19.0. The second-order valence-corrected chi connectivity index (χ2v) is 44.0. The molecule has 8 heteroatoms. The zero-order chi connectivity index (χ0) is 108. The molecule has 7 nitrogen and oxygen atoms in total. The predicted octanol–water partition coefficient (Wildman–Crippen LogP) is 37.9. The van der Waals surface area contributed by atoms with E-state index in [1.54, 1.807) is 38.9 Å². The maximum Gasteiger partial charge on any atom is 0.125 e. The van der Waals surface area contributed by atoms with E-state index in [4.69, 9.17) is 4.42 Å².